The van der Waals surface area contributed by atoms with Crippen molar-refractivity contribution in [2.75, 3.05) is 31.1 Å². The smallest absolute Gasteiger partial charge is 0.331 e. The van der Waals surface area contributed by atoms with E-state index in [1.807, 2.05) is 22.8 Å². The molecule has 3 N–H and O–H groups in total. The van der Waals surface area contributed by atoms with Crippen LogP contribution in [-0.2, 0) is 20.6 Å². The first-order valence-electron chi connectivity index (χ1n) is 12.7. The minimum absolute atomic E-state index is 0. The Kier molecular flexibility index (Phi) is 8.27. The summed E-state index contributed by atoms with van der Waals surface area (Å²) in [6.07, 6.45) is 2.23. The zero-order chi connectivity index (χ0) is 26.4. The van der Waals surface area contributed by atoms with Crippen LogP contribution < -0.4 is 21.9 Å². The molecule has 0 aliphatic carbocycles. The van der Waals surface area contributed by atoms with Crippen molar-refractivity contribution in [1.82, 2.24) is 18.6 Å². The lowest BCUT2D eigenvalue weighted by Crippen LogP contribution is -2.45. The summed E-state index contributed by atoms with van der Waals surface area (Å²) in [6, 6.07) is 7.31. The van der Waals surface area contributed by atoms with Crippen LogP contribution in [0.3, 0.4) is 0 Å². The summed E-state index contributed by atoms with van der Waals surface area (Å²) in [6.45, 7) is 2.23. The predicted octanol–water partition coefficient (Wildman–Crippen LogP) is 1.69. The normalized spacial score (nSPS) is 18.6. The van der Waals surface area contributed by atoms with Gasteiger partial charge in [-0.15, -0.1) is 12.4 Å². The van der Waals surface area contributed by atoms with Gasteiger partial charge in [0.1, 0.15) is 16.9 Å². The number of hydrogen-bond donors (Lipinski definition) is 2. The number of fused-ring (bicyclic) bond motifs is 1. The average Bonchev–Trinajstić information content (AvgIpc) is 3.22. The van der Waals surface area contributed by atoms with E-state index in [0.717, 1.165) is 23.0 Å². The van der Waals surface area contributed by atoms with Gasteiger partial charge < -0.3 is 25.2 Å². The molecule has 2 aliphatic heterocycles. The largest absolute Gasteiger partial charge is 0.393 e. The van der Waals surface area contributed by atoms with Gasteiger partial charge in [-0.25, -0.2) is 4.79 Å². The van der Waals surface area contributed by atoms with Gasteiger partial charge in [0.05, 0.1) is 18.2 Å². The first-order chi connectivity index (χ1) is 17.7. The summed E-state index contributed by atoms with van der Waals surface area (Å²) >= 11 is 6.53. The van der Waals surface area contributed by atoms with Crippen molar-refractivity contribution < 1.29 is 9.90 Å². The summed E-state index contributed by atoms with van der Waals surface area (Å²) in [5, 5.41) is 10.6. The van der Waals surface area contributed by atoms with Crippen molar-refractivity contribution in [1.29, 1.82) is 0 Å². The number of aryl methyl sites for hydroxylation is 1. The van der Waals surface area contributed by atoms with E-state index in [2.05, 4.69) is 4.90 Å². The zero-order valence-corrected chi connectivity index (χ0v) is 23.2. The van der Waals surface area contributed by atoms with Crippen LogP contribution in [0.4, 0.5) is 5.82 Å². The molecule has 2 aliphatic rings. The molecule has 1 atom stereocenters. The molecule has 1 aromatic carbocycles. The average molecular weight is 566 g/mol. The number of halogens is 2. The van der Waals surface area contributed by atoms with Gasteiger partial charge in [-0.1, -0.05) is 29.8 Å². The third-order valence-electron chi connectivity index (χ3n) is 7.64. The Morgan fingerprint density at radius 1 is 1.05 bits per heavy atom. The fourth-order valence-corrected chi connectivity index (χ4v) is 5.80. The topological polar surface area (TPSA) is 119 Å². The molecule has 0 spiro atoms. The van der Waals surface area contributed by atoms with E-state index in [4.69, 9.17) is 17.3 Å². The summed E-state index contributed by atoms with van der Waals surface area (Å²) in [4.78, 5) is 44.7. The van der Waals surface area contributed by atoms with Crippen LogP contribution in [0.25, 0.3) is 11.0 Å². The van der Waals surface area contributed by atoms with Crippen molar-refractivity contribution in [2.45, 2.75) is 44.4 Å². The van der Waals surface area contributed by atoms with Crippen molar-refractivity contribution in [2.24, 2.45) is 19.8 Å². The van der Waals surface area contributed by atoms with E-state index in [-0.39, 0.29) is 36.4 Å². The van der Waals surface area contributed by atoms with Crippen LogP contribution in [-0.4, -0.2) is 67.9 Å². The summed E-state index contributed by atoms with van der Waals surface area (Å²) in [5.41, 5.74) is 7.09. The second-order valence-corrected chi connectivity index (χ2v) is 10.6. The van der Waals surface area contributed by atoms with Gasteiger partial charge in [-0.2, -0.15) is 0 Å². The number of carbonyl (C=O) groups excluding carboxylic acids is 1. The van der Waals surface area contributed by atoms with Gasteiger partial charge in [0.15, 0.2) is 0 Å². The highest BCUT2D eigenvalue weighted by molar-refractivity contribution is 6.31. The fourth-order valence-electron chi connectivity index (χ4n) is 5.61. The van der Waals surface area contributed by atoms with Gasteiger partial charge in [0.25, 0.3) is 11.5 Å². The second-order valence-electron chi connectivity index (χ2n) is 10.2. The second kappa shape index (κ2) is 11.1. The Bertz CT molecular complexity index is 1470. The number of rotatable bonds is 4. The fraction of sp³-hybridized carbons (Fsp3) is 0.500. The maximum Gasteiger partial charge on any atom is 0.331 e. The molecular weight excluding hydrogens is 531 g/mol. The molecule has 12 heteroatoms. The van der Waals surface area contributed by atoms with Crippen molar-refractivity contribution in [3.63, 3.8) is 0 Å². The molecule has 4 heterocycles. The Morgan fingerprint density at radius 2 is 1.74 bits per heavy atom. The molecule has 38 heavy (non-hydrogen) atoms. The molecule has 0 saturated carbocycles. The van der Waals surface area contributed by atoms with E-state index in [1.165, 1.54) is 11.6 Å². The highest BCUT2D eigenvalue weighted by atomic mass is 35.5. The summed E-state index contributed by atoms with van der Waals surface area (Å²) < 4.78 is 4.30. The standard InChI is InChI=1S/C26H33ClN6O4.ClH/c1-29-21-20(24(35)31-12-9-18(34)10-13-31)23(32-11-5-7-17(28)15-32)33(14-16-6-3-4-8-19(16)27)22(21)25(36)30(2)26(29)37;/h3-4,6,8,17-18,34H,5,7,9-15,28H2,1-2H3;1H/t17-;/m1./s1. The lowest BCUT2D eigenvalue weighted by Gasteiger charge is -2.35. The third-order valence-corrected chi connectivity index (χ3v) is 8.00. The molecule has 2 fully saturated rings. The lowest BCUT2D eigenvalue weighted by molar-refractivity contribution is 0.0548. The monoisotopic (exact) mass is 564 g/mol. The number of nitrogens with zero attached hydrogens (tertiary/aromatic N) is 5. The lowest BCUT2D eigenvalue weighted by atomic mass is 10.0. The van der Waals surface area contributed by atoms with Crippen molar-refractivity contribution in [3.05, 3.63) is 61.3 Å². The molecule has 1 amide bonds. The van der Waals surface area contributed by atoms with Gasteiger partial charge >= 0.3 is 5.69 Å². The quantitative estimate of drug-likeness (QED) is 0.497. The van der Waals surface area contributed by atoms with Crippen LogP contribution in [0.5, 0.6) is 0 Å². The number of aromatic nitrogens is 3. The summed E-state index contributed by atoms with van der Waals surface area (Å²) in [7, 11) is 3.04. The number of amides is 1. The van der Waals surface area contributed by atoms with Crippen LogP contribution in [0.15, 0.2) is 33.9 Å². The number of likely N-dealkylation sites (tertiary alicyclic amines) is 1. The number of anilines is 1. The van der Waals surface area contributed by atoms with Crippen LogP contribution >= 0.6 is 24.0 Å². The van der Waals surface area contributed by atoms with E-state index in [9.17, 15) is 19.5 Å². The maximum atomic E-state index is 14.2. The molecule has 2 aromatic heterocycles. The van der Waals surface area contributed by atoms with Gasteiger partial charge in [0.2, 0.25) is 0 Å². The molecule has 0 bridgehead atoms. The number of hydrogen-bond acceptors (Lipinski definition) is 6. The highest BCUT2D eigenvalue weighted by Crippen LogP contribution is 2.35. The molecular formula is C26H34Cl2N6O4. The first-order valence-corrected chi connectivity index (χ1v) is 13.1. The predicted molar refractivity (Wildman–Crippen MR) is 151 cm³/mol. The van der Waals surface area contributed by atoms with Crippen molar-refractivity contribution in [3.8, 4) is 0 Å². The maximum absolute atomic E-state index is 14.2. The van der Waals surface area contributed by atoms with Gasteiger partial charge in [0, 0.05) is 51.3 Å². The Hall–Kier alpha value is -2.79. The van der Waals surface area contributed by atoms with Crippen LogP contribution in [0, 0.1) is 0 Å². The number of carbonyl (C=O) groups is 1. The van der Waals surface area contributed by atoms with Crippen LogP contribution in [0.2, 0.25) is 5.02 Å². The Morgan fingerprint density at radius 3 is 2.39 bits per heavy atom. The Balaban J connectivity index is 0.00000336. The molecule has 2 saturated heterocycles. The molecule has 5 rings (SSSR count). The number of nitrogens with two attached hydrogens (primary N) is 1. The summed E-state index contributed by atoms with van der Waals surface area (Å²) in [5.74, 6) is 0.326. The van der Waals surface area contributed by atoms with E-state index in [1.54, 1.807) is 18.0 Å². The first kappa shape index (κ1) is 28.2. The highest BCUT2D eigenvalue weighted by Gasteiger charge is 2.35. The Labute approximate surface area is 231 Å². The third kappa shape index (κ3) is 4.86. The molecule has 3 aromatic rings. The molecule has 0 radical (unpaired) electrons. The van der Waals surface area contributed by atoms with E-state index in [0.29, 0.717) is 60.9 Å². The van der Waals surface area contributed by atoms with E-state index >= 15 is 0 Å². The zero-order valence-electron chi connectivity index (χ0n) is 21.6. The van der Waals surface area contributed by atoms with Crippen molar-refractivity contribution >= 4 is 46.8 Å². The number of benzene rings is 1. The van der Waals surface area contributed by atoms with Crippen LogP contribution in [0.1, 0.15) is 41.6 Å². The number of piperidine rings is 2. The SMILES string of the molecule is Cl.Cn1c(=O)c2c(c(C(=O)N3CCC(O)CC3)c(N3CCC[C@@H](N)C3)n2Cc2ccccc2Cl)n(C)c1=O. The number of aliphatic hydroxyl groups is 1. The molecule has 0 unspecified atom stereocenters. The van der Waals surface area contributed by atoms with Gasteiger partial charge in [-0.05, 0) is 37.3 Å². The minimum Gasteiger partial charge on any atom is -0.393 e. The molecule has 206 valence electrons. The minimum atomic E-state index is -0.502. The molecule has 10 nitrogen and oxygen atoms in total. The number of aliphatic hydroxyl groups excluding tert-OH is 1. The van der Waals surface area contributed by atoms with E-state index < -0.39 is 17.4 Å². The van der Waals surface area contributed by atoms with Gasteiger partial charge in [-0.3, -0.25) is 18.7 Å².